The first-order valence-electron chi connectivity index (χ1n) is 9.84. The molecule has 8 heteroatoms. The Morgan fingerprint density at radius 1 is 1.03 bits per heavy atom. The highest BCUT2D eigenvalue weighted by Gasteiger charge is 2.52. The van der Waals surface area contributed by atoms with E-state index in [-0.39, 0.29) is 17.9 Å². The summed E-state index contributed by atoms with van der Waals surface area (Å²) in [5.41, 5.74) is 1.44. The lowest BCUT2D eigenvalue weighted by molar-refractivity contribution is -0.134. The lowest BCUT2D eigenvalue weighted by Gasteiger charge is -2.34. The molecule has 0 unspecified atom stereocenters. The van der Waals surface area contributed by atoms with Gasteiger partial charge in [0.25, 0.3) is 0 Å². The first-order valence-corrected chi connectivity index (χ1v) is 10.2. The monoisotopic (exact) mass is 442 g/mol. The Bertz CT molecular complexity index is 1050. The van der Waals surface area contributed by atoms with Gasteiger partial charge in [0.05, 0.1) is 33.1 Å². The summed E-state index contributed by atoms with van der Waals surface area (Å²) >= 11 is 6.14. The average molecular weight is 443 g/mol. The smallest absolute Gasteiger partial charge is 0.250 e. The summed E-state index contributed by atoms with van der Waals surface area (Å²) in [6, 6.07) is 9.99. The second-order valence-electron chi connectivity index (χ2n) is 7.37. The number of rotatable bonds is 6. The number of ether oxygens (including phenoxy) is 3. The number of methoxy groups -OCH3 is 3. The molecule has 0 saturated carbocycles. The topological polar surface area (TPSA) is 68.3 Å². The molecule has 0 spiro atoms. The lowest BCUT2D eigenvalue weighted by atomic mass is 10.1. The molecule has 2 aliphatic rings. The zero-order valence-corrected chi connectivity index (χ0v) is 18.3. The molecule has 2 atom stereocenters. The van der Waals surface area contributed by atoms with Crippen molar-refractivity contribution in [2.24, 2.45) is 0 Å². The Balaban J connectivity index is 1.50. The predicted molar refractivity (Wildman–Crippen MR) is 118 cm³/mol. The Morgan fingerprint density at radius 3 is 2.42 bits per heavy atom. The number of amides is 2. The summed E-state index contributed by atoms with van der Waals surface area (Å²) in [5.74, 6) is 1.46. The Labute approximate surface area is 185 Å². The van der Waals surface area contributed by atoms with Crippen LogP contribution in [-0.2, 0) is 9.59 Å². The minimum atomic E-state index is -0.490. The Hall–Kier alpha value is -3.19. The summed E-state index contributed by atoms with van der Waals surface area (Å²) in [6.45, 7) is 0.460. The van der Waals surface area contributed by atoms with Crippen molar-refractivity contribution in [3.05, 3.63) is 53.1 Å². The average Bonchev–Trinajstić information content (AvgIpc) is 3.35. The number of piperazine rings is 1. The number of anilines is 1. The van der Waals surface area contributed by atoms with E-state index in [2.05, 4.69) is 0 Å². The number of likely N-dealkylation sites (tertiary alicyclic amines) is 1. The van der Waals surface area contributed by atoms with Crippen molar-refractivity contribution in [2.75, 3.05) is 32.8 Å². The van der Waals surface area contributed by atoms with Gasteiger partial charge in [0.1, 0.15) is 11.8 Å². The third kappa shape index (κ3) is 3.81. The quantitative estimate of drug-likeness (QED) is 0.641. The molecule has 162 valence electrons. The van der Waals surface area contributed by atoms with Gasteiger partial charge in [-0.15, -0.1) is 0 Å². The molecule has 2 heterocycles. The highest BCUT2D eigenvalue weighted by molar-refractivity contribution is 6.31. The van der Waals surface area contributed by atoms with E-state index < -0.39 is 6.04 Å². The second kappa shape index (κ2) is 8.51. The van der Waals surface area contributed by atoms with E-state index in [1.54, 1.807) is 67.5 Å². The van der Waals surface area contributed by atoms with Crippen LogP contribution in [0.2, 0.25) is 5.02 Å². The molecule has 0 aliphatic carbocycles. The molecule has 4 rings (SSSR count). The van der Waals surface area contributed by atoms with E-state index in [4.69, 9.17) is 25.8 Å². The summed E-state index contributed by atoms with van der Waals surface area (Å²) in [7, 11) is 4.68. The van der Waals surface area contributed by atoms with Gasteiger partial charge in [0, 0.05) is 17.6 Å². The van der Waals surface area contributed by atoms with Gasteiger partial charge in [-0.25, -0.2) is 0 Å². The fourth-order valence-corrected chi connectivity index (χ4v) is 4.37. The molecule has 7 nitrogen and oxygen atoms in total. The highest BCUT2D eigenvalue weighted by Crippen LogP contribution is 2.41. The van der Waals surface area contributed by atoms with Gasteiger partial charge < -0.3 is 24.0 Å². The minimum Gasteiger partial charge on any atom is -0.495 e. The maximum Gasteiger partial charge on any atom is 0.250 e. The maximum absolute atomic E-state index is 13.1. The number of hydrogen-bond acceptors (Lipinski definition) is 5. The standard InChI is InChI=1S/C23H23ClN2O5/c1-29-19-8-6-15(24)11-17(19)26-16-12-18(23(26)28)25(13-16)22(27)9-5-14-4-7-20(30-2)21(10-14)31-3/h4-11,16,18H,12-13H2,1-3H3/b9-5+/t16-,18-/m0/s1. The molecule has 2 aromatic rings. The summed E-state index contributed by atoms with van der Waals surface area (Å²) in [5, 5.41) is 0.525. The van der Waals surface area contributed by atoms with Crippen molar-refractivity contribution in [3.8, 4) is 17.2 Å². The number of nitrogens with zero attached hydrogens (tertiary/aromatic N) is 2. The predicted octanol–water partition coefficient (Wildman–Crippen LogP) is 3.40. The molecule has 2 amide bonds. The molecular formula is C23H23ClN2O5. The van der Waals surface area contributed by atoms with E-state index in [0.29, 0.717) is 40.9 Å². The lowest BCUT2D eigenvalue weighted by Crippen LogP contribution is -2.52. The zero-order valence-electron chi connectivity index (χ0n) is 17.5. The molecule has 2 saturated heterocycles. The van der Waals surface area contributed by atoms with Crippen molar-refractivity contribution in [3.63, 3.8) is 0 Å². The first kappa shape index (κ1) is 21.1. The fraction of sp³-hybridized carbons (Fsp3) is 0.304. The van der Waals surface area contributed by atoms with Crippen molar-refractivity contribution in [1.29, 1.82) is 0 Å². The van der Waals surface area contributed by atoms with Crippen LogP contribution < -0.4 is 19.1 Å². The van der Waals surface area contributed by atoms with Gasteiger partial charge in [-0.2, -0.15) is 0 Å². The van der Waals surface area contributed by atoms with E-state index in [0.717, 1.165) is 5.56 Å². The number of carbonyl (C=O) groups is 2. The van der Waals surface area contributed by atoms with Crippen molar-refractivity contribution < 1.29 is 23.8 Å². The maximum atomic E-state index is 13.1. The fourth-order valence-electron chi connectivity index (χ4n) is 4.21. The van der Waals surface area contributed by atoms with Gasteiger partial charge in [-0.05, 0) is 48.4 Å². The molecule has 2 fully saturated rings. The number of halogens is 1. The highest BCUT2D eigenvalue weighted by atomic mass is 35.5. The molecule has 2 aromatic carbocycles. The zero-order chi connectivity index (χ0) is 22.1. The molecule has 31 heavy (non-hydrogen) atoms. The number of carbonyl (C=O) groups excluding carboxylic acids is 2. The molecular weight excluding hydrogens is 420 g/mol. The van der Waals surface area contributed by atoms with Crippen LogP contribution in [0, 0.1) is 0 Å². The molecule has 2 bridgehead atoms. The number of hydrogen-bond donors (Lipinski definition) is 0. The van der Waals surface area contributed by atoms with Crippen LogP contribution in [0.25, 0.3) is 6.08 Å². The molecule has 0 radical (unpaired) electrons. The van der Waals surface area contributed by atoms with Gasteiger partial charge in [-0.1, -0.05) is 17.7 Å². The van der Waals surface area contributed by atoms with Crippen molar-refractivity contribution in [2.45, 2.75) is 18.5 Å². The molecule has 2 aliphatic heterocycles. The van der Waals surface area contributed by atoms with Gasteiger partial charge in [-0.3, -0.25) is 9.59 Å². The van der Waals surface area contributed by atoms with Crippen LogP contribution in [0.1, 0.15) is 12.0 Å². The number of fused-ring (bicyclic) bond motifs is 2. The van der Waals surface area contributed by atoms with E-state index in [1.165, 1.54) is 6.08 Å². The Kier molecular flexibility index (Phi) is 5.78. The second-order valence-corrected chi connectivity index (χ2v) is 7.80. The summed E-state index contributed by atoms with van der Waals surface area (Å²) < 4.78 is 15.9. The van der Waals surface area contributed by atoms with Gasteiger partial charge >= 0.3 is 0 Å². The van der Waals surface area contributed by atoms with Crippen LogP contribution >= 0.6 is 11.6 Å². The van der Waals surface area contributed by atoms with Crippen LogP contribution in [-0.4, -0.2) is 56.7 Å². The van der Waals surface area contributed by atoms with Crippen LogP contribution in [0.5, 0.6) is 17.2 Å². The molecule has 0 aromatic heterocycles. The van der Waals surface area contributed by atoms with Crippen LogP contribution in [0.4, 0.5) is 5.69 Å². The minimum absolute atomic E-state index is 0.108. The van der Waals surface area contributed by atoms with E-state index in [1.807, 2.05) is 6.07 Å². The van der Waals surface area contributed by atoms with Crippen molar-refractivity contribution in [1.82, 2.24) is 4.90 Å². The third-order valence-corrected chi connectivity index (χ3v) is 5.91. The molecule has 0 N–H and O–H groups in total. The first-order chi connectivity index (χ1) is 15.0. The van der Waals surface area contributed by atoms with Gasteiger partial charge in [0.15, 0.2) is 11.5 Å². The largest absolute Gasteiger partial charge is 0.495 e. The number of benzene rings is 2. The van der Waals surface area contributed by atoms with E-state index >= 15 is 0 Å². The normalized spacial score (nSPS) is 19.9. The van der Waals surface area contributed by atoms with Crippen molar-refractivity contribution >= 4 is 35.2 Å². The van der Waals surface area contributed by atoms with Crippen LogP contribution in [0.3, 0.4) is 0 Å². The SMILES string of the molecule is COc1ccc(/C=C/C(=O)N2C[C@@H]3C[C@H]2C(=O)N3c2cc(Cl)ccc2OC)cc1OC. The third-order valence-electron chi connectivity index (χ3n) is 5.68. The summed E-state index contributed by atoms with van der Waals surface area (Å²) in [6.07, 6.45) is 3.78. The van der Waals surface area contributed by atoms with Gasteiger partial charge in [0.2, 0.25) is 11.8 Å². The van der Waals surface area contributed by atoms with E-state index in [9.17, 15) is 9.59 Å². The Morgan fingerprint density at radius 2 is 1.74 bits per heavy atom. The van der Waals surface area contributed by atoms with Crippen LogP contribution in [0.15, 0.2) is 42.5 Å². The summed E-state index contributed by atoms with van der Waals surface area (Å²) in [4.78, 5) is 29.2.